The smallest absolute Gasteiger partial charge is 0.274 e. The number of aryl methyl sites for hydroxylation is 2. The number of benzene rings is 3. The molecule has 0 unspecified atom stereocenters. The fourth-order valence-electron chi connectivity index (χ4n) is 3.36. The Hall–Kier alpha value is -3.51. The monoisotopic (exact) mass is 416 g/mol. The van der Waals surface area contributed by atoms with Crippen LogP contribution in [-0.4, -0.2) is 19.3 Å². The van der Waals surface area contributed by atoms with Crippen LogP contribution in [0.2, 0.25) is 0 Å². The van der Waals surface area contributed by atoms with Gasteiger partial charge in [-0.05, 0) is 61.2 Å². The fraction of sp³-hybridized carbons (Fsp3) is 0.0833. The summed E-state index contributed by atoms with van der Waals surface area (Å²) in [4.78, 5) is 17.5. The van der Waals surface area contributed by atoms with Gasteiger partial charge in [0, 0.05) is 17.3 Å². The van der Waals surface area contributed by atoms with Crippen LogP contribution in [0.3, 0.4) is 0 Å². The van der Waals surface area contributed by atoms with Gasteiger partial charge in [-0.1, -0.05) is 42.0 Å². The van der Waals surface area contributed by atoms with E-state index in [9.17, 15) is 13.2 Å². The van der Waals surface area contributed by atoms with Crippen LogP contribution in [0, 0.1) is 13.8 Å². The molecular formula is C24H20N2O3S. The molecule has 0 radical (unpaired) electrons. The Labute approximate surface area is 175 Å². The van der Waals surface area contributed by atoms with Crippen LogP contribution in [0.1, 0.15) is 21.6 Å². The normalized spacial score (nSPS) is 11.4. The van der Waals surface area contributed by atoms with Crippen molar-refractivity contribution in [2.24, 2.45) is 0 Å². The summed E-state index contributed by atoms with van der Waals surface area (Å²) in [6, 6.07) is 20.9. The second kappa shape index (κ2) is 7.72. The minimum atomic E-state index is -3.64. The molecule has 5 nitrogen and oxygen atoms in total. The van der Waals surface area contributed by atoms with Crippen LogP contribution in [0.25, 0.3) is 10.8 Å². The second-order valence-electron chi connectivity index (χ2n) is 7.13. The quantitative estimate of drug-likeness (QED) is 0.511. The number of amides is 1. The first-order chi connectivity index (χ1) is 14.4. The number of sulfone groups is 1. The maximum atomic E-state index is 13.0. The molecule has 0 saturated carbocycles. The lowest BCUT2D eigenvalue weighted by Crippen LogP contribution is -2.14. The van der Waals surface area contributed by atoms with Crippen LogP contribution >= 0.6 is 0 Å². The van der Waals surface area contributed by atoms with E-state index in [1.165, 1.54) is 6.07 Å². The summed E-state index contributed by atoms with van der Waals surface area (Å²) in [5.41, 5.74) is 2.38. The Morgan fingerprint density at radius 3 is 2.37 bits per heavy atom. The molecule has 30 heavy (non-hydrogen) atoms. The number of anilines is 1. The van der Waals surface area contributed by atoms with Crippen LogP contribution in [0.5, 0.6) is 0 Å². The molecule has 0 saturated heterocycles. The number of nitrogens with zero attached hydrogens (tertiary/aromatic N) is 1. The van der Waals surface area contributed by atoms with Crippen molar-refractivity contribution in [3.63, 3.8) is 0 Å². The molecule has 0 aliphatic heterocycles. The number of nitrogens with one attached hydrogen (secondary N) is 1. The molecule has 4 aromatic rings. The molecule has 1 N–H and O–H groups in total. The minimum Gasteiger partial charge on any atom is -0.321 e. The Morgan fingerprint density at radius 2 is 1.63 bits per heavy atom. The van der Waals surface area contributed by atoms with Gasteiger partial charge in [0.25, 0.3) is 5.91 Å². The zero-order valence-corrected chi connectivity index (χ0v) is 17.4. The molecule has 0 spiro atoms. The Kier molecular flexibility index (Phi) is 5.10. The molecule has 0 aliphatic rings. The number of pyridine rings is 1. The topological polar surface area (TPSA) is 76.1 Å². The fourth-order valence-corrected chi connectivity index (χ4v) is 4.84. The number of fused-ring (bicyclic) bond motifs is 1. The van der Waals surface area contributed by atoms with Gasteiger partial charge in [-0.3, -0.25) is 9.78 Å². The summed E-state index contributed by atoms with van der Waals surface area (Å²) < 4.78 is 25.9. The van der Waals surface area contributed by atoms with E-state index in [0.29, 0.717) is 16.9 Å². The number of carbonyl (C=O) groups excluding carboxylic acids is 1. The summed E-state index contributed by atoms with van der Waals surface area (Å²) in [6.45, 7) is 3.62. The highest BCUT2D eigenvalue weighted by Gasteiger charge is 2.20. The van der Waals surface area contributed by atoms with Crippen LogP contribution < -0.4 is 5.32 Å². The van der Waals surface area contributed by atoms with Gasteiger partial charge in [-0.15, -0.1) is 0 Å². The van der Waals surface area contributed by atoms with Gasteiger partial charge in [0.05, 0.1) is 9.79 Å². The van der Waals surface area contributed by atoms with Gasteiger partial charge in [0.15, 0.2) is 0 Å². The highest BCUT2D eigenvalue weighted by molar-refractivity contribution is 7.91. The van der Waals surface area contributed by atoms with E-state index < -0.39 is 9.84 Å². The first kappa shape index (κ1) is 19.8. The summed E-state index contributed by atoms with van der Waals surface area (Å²) in [7, 11) is -3.64. The van der Waals surface area contributed by atoms with E-state index >= 15 is 0 Å². The van der Waals surface area contributed by atoms with Crippen molar-refractivity contribution in [1.29, 1.82) is 0 Å². The highest BCUT2D eigenvalue weighted by atomic mass is 32.2. The van der Waals surface area contributed by atoms with Crippen molar-refractivity contribution in [1.82, 2.24) is 4.98 Å². The van der Waals surface area contributed by atoms with Crippen molar-refractivity contribution >= 4 is 32.2 Å². The molecule has 1 amide bonds. The van der Waals surface area contributed by atoms with Gasteiger partial charge in [-0.25, -0.2) is 8.42 Å². The predicted octanol–water partition coefficient (Wildman–Crippen LogP) is 4.94. The molecule has 4 rings (SSSR count). The lowest BCUT2D eigenvalue weighted by molar-refractivity contribution is 0.102. The average Bonchev–Trinajstić information content (AvgIpc) is 2.73. The van der Waals surface area contributed by atoms with E-state index in [1.54, 1.807) is 49.5 Å². The second-order valence-corrected chi connectivity index (χ2v) is 9.05. The predicted molar refractivity (Wildman–Crippen MR) is 118 cm³/mol. The van der Waals surface area contributed by atoms with E-state index in [-0.39, 0.29) is 15.7 Å². The number of hydrogen-bond acceptors (Lipinski definition) is 4. The maximum absolute atomic E-state index is 13.0. The van der Waals surface area contributed by atoms with Gasteiger partial charge >= 0.3 is 0 Å². The van der Waals surface area contributed by atoms with Gasteiger partial charge in [0.1, 0.15) is 5.69 Å². The van der Waals surface area contributed by atoms with Crippen molar-refractivity contribution < 1.29 is 13.2 Å². The molecule has 0 atom stereocenters. The zero-order valence-electron chi connectivity index (χ0n) is 16.6. The van der Waals surface area contributed by atoms with E-state index in [2.05, 4.69) is 10.3 Å². The zero-order chi connectivity index (χ0) is 21.3. The van der Waals surface area contributed by atoms with Crippen LogP contribution in [0.4, 0.5) is 5.69 Å². The average molecular weight is 417 g/mol. The number of hydrogen-bond donors (Lipinski definition) is 1. The number of aromatic nitrogens is 1. The standard InChI is InChI=1S/C24H20N2O3S/c1-16-7-10-20(11-8-16)30(28,29)22-12-9-19(15-17(22)2)26-24(27)23-21-6-4-3-5-18(21)13-14-25-23/h3-15H,1-2H3,(H,26,27). The third-order valence-electron chi connectivity index (χ3n) is 4.94. The van der Waals surface area contributed by atoms with Crippen molar-refractivity contribution in [2.45, 2.75) is 23.6 Å². The lowest BCUT2D eigenvalue weighted by Gasteiger charge is -2.11. The molecule has 1 aromatic heterocycles. The Morgan fingerprint density at radius 1 is 0.900 bits per heavy atom. The molecule has 0 bridgehead atoms. The number of carbonyl (C=O) groups is 1. The lowest BCUT2D eigenvalue weighted by atomic mass is 10.1. The Bertz CT molecular complexity index is 1360. The van der Waals surface area contributed by atoms with Gasteiger partial charge in [0.2, 0.25) is 9.84 Å². The van der Waals surface area contributed by atoms with E-state index in [0.717, 1.165) is 16.3 Å². The molecule has 6 heteroatoms. The molecule has 1 heterocycles. The summed E-state index contributed by atoms with van der Waals surface area (Å²) >= 11 is 0. The van der Waals surface area contributed by atoms with Crippen LogP contribution in [-0.2, 0) is 9.84 Å². The van der Waals surface area contributed by atoms with Gasteiger partial charge in [-0.2, -0.15) is 0 Å². The maximum Gasteiger partial charge on any atom is 0.274 e. The van der Waals surface area contributed by atoms with E-state index in [4.69, 9.17) is 0 Å². The molecule has 3 aromatic carbocycles. The molecule has 0 fully saturated rings. The number of rotatable bonds is 4. The Balaban J connectivity index is 1.63. The third-order valence-corrected chi connectivity index (χ3v) is 6.87. The largest absolute Gasteiger partial charge is 0.321 e. The third kappa shape index (κ3) is 3.69. The summed E-state index contributed by atoms with van der Waals surface area (Å²) in [5, 5.41) is 4.50. The van der Waals surface area contributed by atoms with E-state index in [1.807, 2.05) is 37.3 Å². The molecule has 0 aliphatic carbocycles. The highest BCUT2D eigenvalue weighted by Crippen LogP contribution is 2.27. The summed E-state index contributed by atoms with van der Waals surface area (Å²) in [5.74, 6) is -0.347. The SMILES string of the molecule is Cc1ccc(S(=O)(=O)c2ccc(NC(=O)c3nccc4ccccc34)cc2C)cc1. The van der Waals surface area contributed by atoms with Crippen molar-refractivity contribution in [2.75, 3.05) is 5.32 Å². The van der Waals surface area contributed by atoms with Crippen molar-refractivity contribution in [3.05, 3.63) is 95.8 Å². The molecule has 150 valence electrons. The van der Waals surface area contributed by atoms with Crippen LogP contribution in [0.15, 0.2) is 88.8 Å². The summed E-state index contributed by atoms with van der Waals surface area (Å²) in [6.07, 6.45) is 1.60. The first-order valence-corrected chi connectivity index (χ1v) is 10.9. The van der Waals surface area contributed by atoms with Crippen molar-refractivity contribution in [3.8, 4) is 0 Å². The minimum absolute atomic E-state index is 0.215. The van der Waals surface area contributed by atoms with Gasteiger partial charge < -0.3 is 5.32 Å². The molecular weight excluding hydrogens is 396 g/mol. The first-order valence-electron chi connectivity index (χ1n) is 9.44.